The van der Waals surface area contributed by atoms with E-state index in [9.17, 15) is 14.4 Å². The van der Waals surface area contributed by atoms with Gasteiger partial charge in [0.15, 0.2) is 0 Å². The Morgan fingerprint density at radius 3 is 1.91 bits per heavy atom. The van der Waals surface area contributed by atoms with E-state index in [-0.39, 0.29) is 10.1 Å². The molecule has 0 aliphatic heterocycles. The van der Waals surface area contributed by atoms with Crippen molar-refractivity contribution >= 4 is 18.0 Å². The molecule has 0 radical (unpaired) electrons. The second kappa shape index (κ2) is 10.6. The molecule has 2 N–H and O–H groups in total. The minimum Gasteiger partial charge on any atom is -0.478 e. The molecule has 0 bridgehead atoms. The van der Waals surface area contributed by atoms with Crippen molar-refractivity contribution in [2.24, 2.45) is 0 Å². The minimum atomic E-state index is -0.935. The average Bonchev–Trinajstić information content (AvgIpc) is 2.46. The highest BCUT2D eigenvalue weighted by Crippen LogP contribution is 2.10. The second-order valence-electron chi connectivity index (χ2n) is 5.00. The summed E-state index contributed by atoms with van der Waals surface area (Å²) in [5.74, 6) is -1.36. The lowest BCUT2D eigenvalue weighted by atomic mass is 10.1. The fourth-order valence-electron chi connectivity index (χ4n) is 1.28. The summed E-state index contributed by atoms with van der Waals surface area (Å²) in [6.07, 6.45) is 0.212. The van der Waals surface area contributed by atoms with E-state index in [1.165, 1.54) is 14.0 Å². The third-order valence-corrected chi connectivity index (χ3v) is 3.13. The lowest BCUT2D eigenvalue weighted by Gasteiger charge is -2.26. The summed E-state index contributed by atoms with van der Waals surface area (Å²) in [7, 11) is 2.96. The molecule has 126 valence electrons. The van der Waals surface area contributed by atoms with Crippen molar-refractivity contribution in [3.8, 4) is 0 Å². The summed E-state index contributed by atoms with van der Waals surface area (Å²) in [6, 6.07) is 0. The first-order valence-electron chi connectivity index (χ1n) is 6.74. The SMILES string of the molecule is C=C(C)C(=O)O.C=C(CCC[N+](C)(CC)C(=O)O)C(=O)OC. The molecule has 0 aliphatic carbocycles. The molecule has 1 atom stereocenters. The quantitative estimate of drug-likeness (QED) is 0.424. The number of carbonyl (C=O) groups is 3. The molecule has 7 nitrogen and oxygen atoms in total. The number of carboxylic acid groups (broad SMARTS) is 2. The highest BCUT2D eigenvalue weighted by Gasteiger charge is 2.28. The van der Waals surface area contributed by atoms with Crippen LogP contribution in [0.25, 0.3) is 0 Å². The molecule has 1 unspecified atom stereocenters. The fourth-order valence-corrected chi connectivity index (χ4v) is 1.28. The van der Waals surface area contributed by atoms with Gasteiger partial charge in [-0.2, -0.15) is 4.79 Å². The Balaban J connectivity index is 0. The zero-order valence-electron chi connectivity index (χ0n) is 13.7. The molecular formula is C15H26NO6+. The minimum absolute atomic E-state index is 0.0472. The van der Waals surface area contributed by atoms with Crippen LogP contribution in [0.4, 0.5) is 4.79 Å². The van der Waals surface area contributed by atoms with Gasteiger partial charge in [-0.05, 0) is 20.3 Å². The van der Waals surface area contributed by atoms with Crippen molar-refractivity contribution in [1.82, 2.24) is 0 Å². The third-order valence-electron chi connectivity index (χ3n) is 3.13. The highest BCUT2D eigenvalue weighted by atomic mass is 16.5. The Morgan fingerprint density at radius 1 is 1.18 bits per heavy atom. The number of carbonyl (C=O) groups excluding carboxylic acids is 1. The molecule has 0 rings (SSSR count). The maximum absolute atomic E-state index is 11.0. The van der Waals surface area contributed by atoms with Gasteiger partial charge >= 0.3 is 18.0 Å². The van der Waals surface area contributed by atoms with Crippen molar-refractivity contribution in [1.29, 1.82) is 0 Å². The smallest absolute Gasteiger partial charge is 0.478 e. The molecule has 0 spiro atoms. The Kier molecular flexibility index (Phi) is 10.6. The number of aliphatic carboxylic acids is 1. The number of nitrogens with zero attached hydrogens (tertiary/aromatic N) is 1. The Morgan fingerprint density at radius 2 is 1.64 bits per heavy atom. The third kappa shape index (κ3) is 8.91. The van der Waals surface area contributed by atoms with Crippen molar-refractivity contribution in [2.75, 3.05) is 27.2 Å². The van der Waals surface area contributed by atoms with Gasteiger partial charge in [-0.1, -0.05) is 13.2 Å². The predicted molar refractivity (Wildman–Crippen MR) is 82.5 cm³/mol. The van der Waals surface area contributed by atoms with E-state index in [0.29, 0.717) is 31.5 Å². The van der Waals surface area contributed by atoms with Gasteiger partial charge in [0.2, 0.25) is 0 Å². The zero-order chi connectivity index (χ0) is 17.9. The normalized spacial score (nSPS) is 12.2. The number of hydrogen-bond acceptors (Lipinski definition) is 4. The van der Waals surface area contributed by atoms with Crippen molar-refractivity contribution in [2.45, 2.75) is 26.7 Å². The van der Waals surface area contributed by atoms with E-state index in [4.69, 9.17) is 10.2 Å². The van der Waals surface area contributed by atoms with Crippen LogP contribution in [0.5, 0.6) is 0 Å². The van der Waals surface area contributed by atoms with Gasteiger partial charge in [-0.15, -0.1) is 0 Å². The van der Waals surface area contributed by atoms with Gasteiger partial charge in [0.25, 0.3) is 0 Å². The number of hydrogen-bond donors (Lipinski definition) is 2. The van der Waals surface area contributed by atoms with Crippen LogP contribution in [-0.4, -0.2) is 60.0 Å². The number of carboxylic acids is 1. The van der Waals surface area contributed by atoms with Crippen LogP contribution in [0.2, 0.25) is 0 Å². The van der Waals surface area contributed by atoms with Crippen LogP contribution >= 0.6 is 0 Å². The van der Waals surface area contributed by atoms with E-state index in [1.54, 1.807) is 7.05 Å². The predicted octanol–water partition coefficient (Wildman–Crippen LogP) is 2.29. The number of ether oxygens (including phenoxy) is 1. The zero-order valence-corrected chi connectivity index (χ0v) is 13.7. The van der Waals surface area contributed by atoms with Gasteiger partial charge in [-0.25, -0.2) is 14.1 Å². The van der Waals surface area contributed by atoms with E-state index in [0.717, 1.165) is 0 Å². The summed E-state index contributed by atoms with van der Waals surface area (Å²) in [5.41, 5.74) is 0.561. The lowest BCUT2D eigenvalue weighted by molar-refractivity contribution is -0.835. The molecule has 0 fully saturated rings. The molecular weight excluding hydrogens is 290 g/mol. The number of rotatable bonds is 7. The molecule has 0 saturated heterocycles. The average molecular weight is 316 g/mol. The van der Waals surface area contributed by atoms with Crippen LogP contribution in [-0.2, 0) is 14.3 Å². The summed E-state index contributed by atoms with van der Waals surface area (Å²) in [5, 5.41) is 16.9. The molecule has 0 aliphatic rings. The Hall–Kier alpha value is -2.15. The van der Waals surface area contributed by atoms with Crippen LogP contribution in [0, 0.1) is 0 Å². The van der Waals surface area contributed by atoms with E-state index in [1.807, 2.05) is 6.92 Å². The summed E-state index contributed by atoms with van der Waals surface area (Å²) in [4.78, 5) is 31.6. The van der Waals surface area contributed by atoms with Gasteiger partial charge < -0.3 is 14.9 Å². The molecule has 1 amide bonds. The van der Waals surface area contributed by atoms with E-state index < -0.39 is 18.0 Å². The molecule has 22 heavy (non-hydrogen) atoms. The van der Waals surface area contributed by atoms with Crippen LogP contribution < -0.4 is 0 Å². The van der Waals surface area contributed by atoms with Crippen LogP contribution in [0.15, 0.2) is 24.3 Å². The largest absolute Gasteiger partial charge is 0.513 e. The van der Waals surface area contributed by atoms with Gasteiger partial charge in [0, 0.05) is 17.6 Å². The van der Waals surface area contributed by atoms with Crippen LogP contribution in [0.1, 0.15) is 26.7 Å². The van der Waals surface area contributed by atoms with E-state index in [2.05, 4.69) is 17.9 Å². The van der Waals surface area contributed by atoms with Crippen LogP contribution in [0.3, 0.4) is 0 Å². The number of quaternary nitrogens is 1. The highest BCUT2D eigenvalue weighted by molar-refractivity contribution is 5.87. The molecule has 0 aromatic carbocycles. The first-order chi connectivity index (χ1) is 10.0. The van der Waals surface area contributed by atoms with Gasteiger partial charge in [0.05, 0.1) is 27.2 Å². The van der Waals surface area contributed by atoms with Crippen molar-refractivity contribution in [3.63, 3.8) is 0 Å². The monoisotopic (exact) mass is 316 g/mol. The van der Waals surface area contributed by atoms with Gasteiger partial charge in [0.1, 0.15) is 0 Å². The van der Waals surface area contributed by atoms with Crippen molar-refractivity contribution < 1.29 is 33.8 Å². The standard InChI is InChI=1S/C11H19NO4.C4H6O2/c1-5-12(3,11(14)15)8-6-7-9(2)10(13)16-4;1-3(2)4(5)6/h2,5-8H2,1,3-4H3;1H2,2H3,(H,5,6)/p+1. The fraction of sp³-hybridized carbons (Fsp3) is 0.533. The molecule has 7 heteroatoms. The molecule has 0 heterocycles. The van der Waals surface area contributed by atoms with Crippen molar-refractivity contribution in [3.05, 3.63) is 24.3 Å². The maximum Gasteiger partial charge on any atom is 0.513 e. The number of amides is 1. The Labute approximate surface area is 131 Å². The Bertz CT molecular complexity index is 431. The molecule has 0 aromatic rings. The maximum atomic E-state index is 11.0. The first kappa shape index (κ1) is 22.1. The molecule has 0 aromatic heterocycles. The van der Waals surface area contributed by atoms with Gasteiger partial charge in [-0.3, -0.25) is 0 Å². The summed E-state index contributed by atoms with van der Waals surface area (Å²) < 4.78 is 4.46. The topological polar surface area (TPSA) is 101 Å². The second-order valence-corrected chi connectivity index (χ2v) is 5.00. The van der Waals surface area contributed by atoms with E-state index >= 15 is 0 Å². The summed E-state index contributed by atoms with van der Waals surface area (Å²) in [6.45, 7) is 11.0. The molecule has 0 saturated carbocycles. The first-order valence-corrected chi connectivity index (χ1v) is 6.74. The number of methoxy groups -OCH3 is 1. The lowest BCUT2D eigenvalue weighted by Crippen LogP contribution is -2.48. The summed E-state index contributed by atoms with van der Waals surface area (Å²) >= 11 is 0. The number of esters is 1.